The largest absolute Gasteiger partial charge is 0.478 e. The molecule has 10 nitrogen and oxygen atoms in total. The fourth-order valence-corrected chi connectivity index (χ4v) is 1.20. The number of carboxylic acids is 1. The van der Waals surface area contributed by atoms with Gasteiger partial charge in [0.1, 0.15) is 5.56 Å². The molecule has 1 aromatic carbocycles. The maximum atomic E-state index is 10.6. The van der Waals surface area contributed by atoms with Crippen molar-refractivity contribution < 1.29 is 44.6 Å². The van der Waals surface area contributed by atoms with Crippen LogP contribution in [0.15, 0.2) is 24.3 Å². The number of hydrogen-bond donors (Lipinski definition) is 4. The second kappa shape index (κ2) is 6.44. The first-order chi connectivity index (χ1) is 8.40. The minimum absolute atomic E-state index is 0.342. The molecule has 0 heterocycles. The molecule has 0 unspecified atom stereocenters. The van der Waals surface area contributed by atoms with Gasteiger partial charge in [-0.05, 0) is 12.1 Å². The average molecular weight is 316 g/mol. The smallest absolute Gasteiger partial charge is 0.446 e. The molecule has 108 valence electrons. The van der Waals surface area contributed by atoms with E-state index >= 15 is 0 Å². The number of hydrogen-bond acceptors (Lipinski definition) is 6. The Morgan fingerprint density at radius 3 is 1.79 bits per heavy atom. The van der Waals surface area contributed by atoms with Crippen molar-refractivity contribution in [2.24, 2.45) is 0 Å². The molecule has 4 N–H and O–H groups in total. The van der Waals surface area contributed by atoms with Gasteiger partial charge in [0, 0.05) is 0 Å². The Morgan fingerprint density at radius 1 is 1.00 bits per heavy atom. The minimum atomic E-state index is -4.70. The van der Waals surface area contributed by atoms with Crippen LogP contribution in [-0.2, 0) is 20.8 Å². The highest BCUT2D eigenvalue weighted by molar-refractivity contribution is 7.81. The molecule has 0 aliphatic heterocycles. The first kappa shape index (κ1) is 17.3. The first-order valence-corrected chi connectivity index (χ1v) is 6.85. The number of carboxylic acid groups (broad SMARTS) is 1. The monoisotopic (exact) mass is 316 g/mol. The van der Waals surface area contributed by atoms with Gasteiger partial charge in [0.15, 0.2) is 5.75 Å². The van der Waals surface area contributed by atoms with E-state index in [2.05, 4.69) is 4.18 Å². The maximum Gasteiger partial charge on any atom is 0.446 e. The molecule has 19 heavy (non-hydrogen) atoms. The van der Waals surface area contributed by atoms with Crippen molar-refractivity contribution in [3.63, 3.8) is 0 Å². The van der Waals surface area contributed by atoms with Crippen LogP contribution in [0, 0.1) is 0 Å². The Hall–Kier alpha value is -1.73. The van der Waals surface area contributed by atoms with Crippen molar-refractivity contribution in [2.45, 2.75) is 0 Å². The normalized spacial score (nSPS) is 11.1. The highest BCUT2D eigenvalue weighted by atomic mass is 32.3. The van der Waals surface area contributed by atoms with Crippen molar-refractivity contribution in [1.82, 2.24) is 0 Å². The second-order valence-corrected chi connectivity index (χ2v) is 4.68. The molecule has 0 atom stereocenters. The molecular formula is C7H8O10S2. The summed E-state index contributed by atoms with van der Waals surface area (Å²) in [4.78, 5) is 10.6. The van der Waals surface area contributed by atoms with Gasteiger partial charge in [0.25, 0.3) is 0 Å². The number of rotatable bonds is 3. The van der Waals surface area contributed by atoms with E-state index in [1.54, 1.807) is 0 Å². The van der Waals surface area contributed by atoms with Gasteiger partial charge < -0.3 is 9.29 Å². The van der Waals surface area contributed by atoms with Gasteiger partial charge in [-0.1, -0.05) is 12.1 Å². The van der Waals surface area contributed by atoms with E-state index in [9.17, 15) is 13.2 Å². The van der Waals surface area contributed by atoms with Crippen LogP contribution in [-0.4, -0.2) is 41.6 Å². The van der Waals surface area contributed by atoms with Gasteiger partial charge in [-0.2, -0.15) is 16.8 Å². The van der Waals surface area contributed by atoms with Gasteiger partial charge in [0.05, 0.1) is 0 Å². The fourth-order valence-electron chi connectivity index (χ4n) is 0.829. The summed E-state index contributed by atoms with van der Waals surface area (Å²) in [6, 6.07) is 5.06. The lowest BCUT2D eigenvalue weighted by Crippen LogP contribution is -2.10. The molecule has 0 aromatic heterocycles. The third-order valence-electron chi connectivity index (χ3n) is 1.31. The zero-order valence-corrected chi connectivity index (χ0v) is 10.5. The zero-order chi connectivity index (χ0) is 15.3. The van der Waals surface area contributed by atoms with Crippen molar-refractivity contribution in [2.75, 3.05) is 0 Å². The third-order valence-corrected chi connectivity index (χ3v) is 1.70. The number of aromatic carboxylic acids is 1. The molecule has 1 aromatic rings. The van der Waals surface area contributed by atoms with Crippen LogP contribution in [0.4, 0.5) is 0 Å². The van der Waals surface area contributed by atoms with E-state index in [4.69, 9.17) is 27.2 Å². The van der Waals surface area contributed by atoms with Crippen molar-refractivity contribution in [1.29, 1.82) is 0 Å². The Kier molecular flexibility index (Phi) is 5.85. The standard InChI is InChI=1S/C7H6O6S.H2O4S/c8-7(9)5-3-1-2-4-6(5)13-14(10,11)12;1-5(2,3)4/h1-4H,(H,8,9)(H,10,11,12);(H2,1,2,3,4). The summed E-state index contributed by atoms with van der Waals surface area (Å²) < 4.78 is 64.6. The molecule has 12 heteroatoms. The summed E-state index contributed by atoms with van der Waals surface area (Å²) in [6.07, 6.45) is 0. The topological polar surface area (TPSA) is 175 Å². The Balaban J connectivity index is 0.000000555. The lowest BCUT2D eigenvalue weighted by molar-refractivity contribution is 0.0695. The van der Waals surface area contributed by atoms with E-state index in [0.29, 0.717) is 0 Å². The summed E-state index contributed by atoms with van der Waals surface area (Å²) in [5, 5.41) is 8.61. The van der Waals surface area contributed by atoms with Gasteiger partial charge in [-0.25, -0.2) is 4.79 Å². The second-order valence-electron chi connectivity index (χ2n) is 2.76. The summed E-state index contributed by atoms with van der Waals surface area (Å²) in [7, 11) is -9.36. The summed E-state index contributed by atoms with van der Waals surface area (Å²) >= 11 is 0. The highest BCUT2D eigenvalue weighted by Crippen LogP contribution is 2.18. The third kappa shape index (κ3) is 9.93. The number of para-hydroxylation sites is 1. The number of carbonyl (C=O) groups is 1. The molecule has 0 bridgehead atoms. The lowest BCUT2D eigenvalue weighted by Gasteiger charge is -2.03. The van der Waals surface area contributed by atoms with E-state index in [1.165, 1.54) is 12.1 Å². The summed E-state index contributed by atoms with van der Waals surface area (Å²) in [5.41, 5.74) is -0.342. The van der Waals surface area contributed by atoms with Crippen LogP contribution in [0.3, 0.4) is 0 Å². The quantitative estimate of drug-likeness (QED) is 0.551. The molecule has 0 aliphatic carbocycles. The van der Waals surface area contributed by atoms with Crippen LogP contribution < -0.4 is 4.18 Å². The lowest BCUT2D eigenvalue weighted by atomic mass is 10.2. The van der Waals surface area contributed by atoms with Crippen molar-refractivity contribution >= 4 is 26.8 Å². The Bertz CT molecular complexity index is 636. The van der Waals surface area contributed by atoms with E-state index < -0.39 is 32.5 Å². The Morgan fingerprint density at radius 2 is 1.42 bits per heavy atom. The van der Waals surface area contributed by atoms with Crippen LogP contribution in [0.25, 0.3) is 0 Å². The van der Waals surface area contributed by atoms with Crippen molar-refractivity contribution in [3.8, 4) is 5.75 Å². The van der Waals surface area contributed by atoms with E-state index in [0.717, 1.165) is 12.1 Å². The summed E-state index contributed by atoms with van der Waals surface area (Å²) in [6.45, 7) is 0. The van der Waals surface area contributed by atoms with Gasteiger partial charge in [0.2, 0.25) is 0 Å². The molecule has 0 spiro atoms. The predicted octanol–water partition coefficient (Wildman–Crippen LogP) is -0.0864. The molecule has 0 aliphatic rings. The number of benzene rings is 1. The molecule has 1 rings (SSSR count). The van der Waals surface area contributed by atoms with Crippen LogP contribution >= 0.6 is 0 Å². The van der Waals surface area contributed by atoms with E-state index in [-0.39, 0.29) is 5.56 Å². The fraction of sp³-hybridized carbons (Fsp3) is 0. The first-order valence-electron chi connectivity index (χ1n) is 4.09. The van der Waals surface area contributed by atoms with Crippen molar-refractivity contribution in [3.05, 3.63) is 29.8 Å². The van der Waals surface area contributed by atoms with Gasteiger partial charge in [-0.15, -0.1) is 0 Å². The van der Waals surface area contributed by atoms with E-state index in [1.807, 2.05) is 0 Å². The SMILES string of the molecule is O=C(O)c1ccccc1OS(=O)(=O)O.O=S(=O)(O)O. The average Bonchev–Trinajstić information content (AvgIpc) is 2.12. The van der Waals surface area contributed by atoms with Crippen LogP contribution in [0.2, 0.25) is 0 Å². The molecule has 0 saturated carbocycles. The molecule has 0 fully saturated rings. The maximum absolute atomic E-state index is 10.6. The zero-order valence-electron chi connectivity index (χ0n) is 8.86. The predicted molar refractivity (Wildman–Crippen MR) is 59.8 cm³/mol. The molecule has 0 amide bonds. The highest BCUT2D eigenvalue weighted by Gasteiger charge is 2.15. The van der Waals surface area contributed by atoms with Crippen LogP contribution in [0.1, 0.15) is 10.4 Å². The van der Waals surface area contributed by atoms with Crippen LogP contribution in [0.5, 0.6) is 5.75 Å². The Labute approximate surface area is 107 Å². The summed E-state index contributed by atoms with van der Waals surface area (Å²) in [5.74, 6) is -1.77. The molecular weight excluding hydrogens is 308 g/mol. The van der Waals surface area contributed by atoms with Gasteiger partial charge >= 0.3 is 26.8 Å². The van der Waals surface area contributed by atoms with Gasteiger partial charge in [-0.3, -0.25) is 13.7 Å². The molecule has 0 radical (unpaired) electrons. The molecule has 0 saturated heterocycles. The minimum Gasteiger partial charge on any atom is -0.478 e.